The number of ketones is 2. The summed E-state index contributed by atoms with van der Waals surface area (Å²) in [5, 5.41) is 16.4. The van der Waals surface area contributed by atoms with Gasteiger partial charge < -0.3 is 35.8 Å². The van der Waals surface area contributed by atoms with Crippen LogP contribution in [0.25, 0.3) is 0 Å². The van der Waals surface area contributed by atoms with Crippen LogP contribution in [0.4, 0.5) is 4.79 Å². The zero-order valence-corrected chi connectivity index (χ0v) is 24.8. The summed E-state index contributed by atoms with van der Waals surface area (Å²) in [6, 6.07) is 0. The van der Waals surface area contributed by atoms with Gasteiger partial charge in [0.25, 0.3) is 5.91 Å². The molecule has 3 atom stereocenters. The number of ether oxygens (including phenoxy) is 2. The minimum absolute atomic E-state index is 0.0655. The summed E-state index contributed by atoms with van der Waals surface area (Å²) in [7, 11) is 1.45. The normalized spacial score (nSPS) is 28.7. The van der Waals surface area contributed by atoms with Crippen LogP contribution in [-0.2, 0) is 23.9 Å². The zero-order chi connectivity index (χ0) is 30.6. The van der Waals surface area contributed by atoms with Crippen LogP contribution in [0.5, 0.6) is 0 Å². The van der Waals surface area contributed by atoms with Gasteiger partial charge in [0.15, 0.2) is 6.10 Å². The average molecular weight is 585 g/mol. The number of rotatable bonds is 6. The van der Waals surface area contributed by atoms with Gasteiger partial charge in [0.1, 0.15) is 6.10 Å². The number of amides is 2. The number of allylic oxidation sites excluding steroid dienone is 4. The molecule has 11 nitrogen and oxygen atoms in total. The van der Waals surface area contributed by atoms with Crippen LogP contribution >= 0.6 is 0 Å². The maximum Gasteiger partial charge on any atom is 0.405 e. The molecule has 5 N–H and O–H groups in total. The van der Waals surface area contributed by atoms with Crippen molar-refractivity contribution in [2.45, 2.75) is 77.1 Å². The Morgan fingerprint density at radius 1 is 1.17 bits per heavy atom. The number of aliphatic hydroxyl groups excluding tert-OH is 1. The molecule has 2 aliphatic heterocycles. The number of Topliss-reactive ketones (excluding diaryl/α,β-unsaturated/α-hetero) is 1. The number of likely N-dealkylation sites (tertiary alicyclic amines) is 1. The van der Waals surface area contributed by atoms with Crippen molar-refractivity contribution >= 4 is 23.6 Å². The Bertz CT molecular complexity index is 1180. The Labute approximate surface area is 247 Å². The quantitative estimate of drug-likeness (QED) is 0.271. The number of hydrogen-bond donors (Lipinski definition) is 4. The molecule has 0 spiro atoms. The van der Waals surface area contributed by atoms with Gasteiger partial charge >= 0.3 is 6.09 Å². The van der Waals surface area contributed by atoms with Crippen molar-refractivity contribution in [1.82, 2.24) is 15.5 Å². The van der Waals surface area contributed by atoms with Crippen molar-refractivity contribution in [3.05, 3.63) is 58.5 Å². The molecule has 11 heteroatoms. The molecule has 3 unspecified atom stereocenters. The van der Waals surface area contributed by atoms with E-state index in [9.17, 15) is 24.3 Å². The molecule has 0 saturated carbocycles. The first-order chi connectivity index (χ1) is 20.1. The van der Waals surface area contributed by atoms with Gasteiger partial charge in [0.05, 0.1) is 17.5 Å². The molecule has 0 aromatic rings. The molecule has 0 aromatic heterocycles. The third kappa shape index (κ3) is 9.50. The Morgan fingerprint density at radius 3 is 2.60 bits per heavy atom. The number of carbonyl (C=O) groups is 4. The highest BCUT2D eigenvalue weighted by Crippen LogP contribution is 2.24. The molecule has 230 valence electrons. The molecule has 2 bridgehead atoms. The van der Waals surface area contributed by atoms with E-state index in [1.165, 1.54) is 19.3 Å². The van der Waals surface area contributed by atoms with Gasteiger partial charge in [-0.2, -0.15) is 0 Å². The van der Waals surface area contributed by atoms with Gasteiger partial charge in [0.2, 0.25) is 11.6 Å². The summed E-state index contributed by atoms with van der Waals surface area (Å²) in [4.78, 5) is 53.5. The third-order valence-corrected chi connectivity index (χ3v) is 7.71. The van der Waals surface area contributed by atoms with Crippen molar-refractivity contribution in [3.63, 3.8) is 0 Å². The molecule has 1 saturated heterocycles. The second-order valence-electron chi connectivity index (χ2n) is 10.9. The lowest BCUT2D eigenvalue weighted by molar-refractivity contribution is -0.120. The van der Waals surface area contributed by atoms with Crippen LogP contribution in [0.2, 0.25) is 0 Å². The summed E-state index contributed by atoms with van der Waals surface area (Å²) in [5.74, 6) is -1.27. The molecule has 1 fully saturated rings. The largest absolute Gasteiger partial charge is 0.439 e. The van der Waals surface area contributed by atoms with Crippen LogP contribution in [0.3, 0.4) is 0 Å². The van der Waals surface area contributed by atoms with E-state index in [1.54, 1.807) is 32.1 Å². The number of primary amides is 1. The van der Waals surface area contributed by atoms with E-state index in [-0.39, 0.29) is 22.8 Å². The van der Waals surface area contributed by atoms with Crippen LogP contribution in [0.15, 0.2) is 58.5 Å². The first-order valence-corrected chi connectivity index (χ1v) is 14.6. The topological polar surface area (TPSA) is 160 Å². The van der Waals surface area contributed by atoms with Gasteiger partial charge in [-0.05, 0) is 71.0 Å². The standard InChI is InChI=1S/C31H44N4O7/c1-20-13-14-22(36)10-4-5-11-23-27(33-15-18-35-16-6-7-17-35)25(37)19-24(28(23)38)34-30(39)21(2)9-8-12-26(41-3)29(20)42-31(32)40/h8-9,12-13,19,22,26,29,33,36H,4-7,10-11,14-18H2,1-3H3,(H2,32,40)(H,34,39)/b12-8-,20-13+,21-9+. The summed E-state index contributed by atoms with van der Waals surface area (Å²) >= 11 is 0. The summed E-state index contributed by atoms with van der Waals surface area (Å²) in [5.41, 5.74) is 6.79. The van der Waals surface area contributed by atoms with Crippen LogP contribution in [0, 0.1) is 0 Å². The molecule has 2 heterocycles. The van der Waals surface area contributed by atoms with E-state index in [0.717, 1.165) is 32.5 Å². The fourth-order valence-electron chi connectivity index (χ4n) is 5.26. The van der Waals surface area contributed by atoms with Gasteiger partial charge in [-0.1, -0.05) is 30.7 Å². The third-order valence-electron chi connectivity index (χ3n) is 7.71. The first-order valence-electron chi connectivity index (χ1n) is 14.6. The molecule has 0 aromatic carbocycles. The lowest BCUT2D eigenvalue weighted by Gasteiger charge is -2.24. The van der Waals surface area contributed by atoms with E-state index in [1.807, 2.05) is 0 Å². The van der Waals surface area contributed by atoms with Crippen LogP contribution in [-0.4, -0.2) is 85.2 Å². The summed E-state index contributed by atoms with van der Waals surface area (Å²) in [6.45, 7) is 6.71. The Morgan fingerprint density at radius 2 is 1.90 bits per heavy atom. The Balaban J connectivity index is 1.86. The predicted molar refractivity (Wildman–Crippen MR) is 158 cm³/mol. The molecule has 1 aliphatic carbocycles. The lowest BCUT2D eigenvalue weighted by Crippen LogP contribution is -2.37. The molecule has 0 radical (unpaired) electrons. The maximum atomic E-state index is 13.5. The molecular weight excluding hydrogens is 540 g/mol. The highest BCUT2D eigenvalue weighted by atomic mass is 16.6. The van der Waals surface area contributed by atoms with Crippen molar-refractivity contribution in [2.75, 3.05) is 33.3 Å². The Kier molecular flexibility index (Phi) is 12.7. The molecular formula is C31H44N4O7. The monoisotopic (exact) mass is 584 g/mol. The minimum atomic E-state index is -0.967. The number of methoxy groups -OCH3 is 1. The molecule has 3 aliphatic rings. The van der Waals surface area contributed by atoms with Crippen molar-refractivity contribution in [2.24, 2.45) is 5.73 Å². The van der Waals surface area contributed by atoms with Crippen molar-refractivity contribution in [3.8, 4) is 0 Å². The second kappa shape index (κ2) is 16.2. The fourth-order valence-corrected chi connectivity index (χ4v) is 5.26. The van der Waals surface area contributed by atoms with Gasteiger partial charge in [0, 0.05) is 37.4 Å². The number of carbonyl (C=O) groups excluding carboxylic acids is 4. The van der Waals surface area contributed by atoms with E-state index < -0.39 is 36.1 Å². The minimum Gasteiger partial charge on any atom is -0.439 e. The smallest absolute Gasteiger partial charge is 0.405 e. The lowest BCUT2D eigenvalue weighted by atomic mass is 9.92. The van der Waals surface area contributed by atoms with E-state index in [0.29, 0.717) is 49.8 Å². The maximum absolute atomic E-state index is 13.5. The number of nitrogens with one attached hydrogen (secondary N) is 2. The van der Waals surface area contributed by atoms with Crippen LogP contribution < -0.4 is 16.4 Å². The fraction of sp³-hybridized carbons (Fsp3) is 0.548. The second-order valence-corrected chi connectivity index (χ2v) is 10.9. The van der Waals surface area contributed by atoms with Gasteiger partial charge in [-0.3, -0.25) is 14.4 Å². The number of fused-ring (bicyclic) bond motifs is 2. The SMILES string of the molecule is COC1/C=C\C=C(/C)C(=O)NC2=CC(=O)C(NCCN3CCCC3)=C(CCCCC(O)C/C=C(\C)C1OC(N)=O)C2=O. The highest BCUT2D eigenvalue weighted by molar-refractivity contribution is 6.23. The highest BCUT2D eigenvalue weighted by Gasteiger charge is 2.30. The van der Waals surface area contributed by atoms with E-state index >= 15 is 0 Å². The Hall–Kier alpha value is -3.54. The summed E-state index contributed by atoms with van der Waals surface area (Å²) < 4.78 is 10.8. The number of nitrogens with two attached hydrogens (primary N) is 1. The van der Waals surface area contributed by atoms with Crippen molar-refractivity contribution in [1.29, 1.82) is 0 Å². The van der Waals surface area contributed by atoms with Gasteiger partial charge in [-0.25, -0.2) is 4.79 Å². The summed E-state index contributed by atoms with van der Waals surface area (Å²) in [6.07, 6.45) is 9.10. The van der Waals surface area contributed by atoms with Crippen molar-refractivity contribution < 1.29 is 33.8 Å². The molecule has 3 rings (SSSR count). The van der Waals surface area contributed by atoms with Gasteiger partial charge in [-0.15, -0.1) is 0 Å². The number of aliphatic hydroxyl groups is 1. The molecule has 2 amide bonds. The van der Waals surface area contributed by atoms with Crippen LogP contribution in [0.1, 0.15) is 58.8 Å². The predicted octanol–water partition coefficient (Wildman–Crippen LogP) is 2.33. The first kappa shape index (κ1) is 33.0. The zero-order valence-electron chi connectivity index (χ0n) is 24.8. The van der Waals surface area contributed by atoms with E-state index in [2.05, 4.69) is 15.5 Å². The van der Waals surface area contributed by atoms with E-state index in [4.69, 9.17) is 15.2 Å². The average Bonchev–Trinajstić information content (AvgIpc) is 3.47. The molecule has 42 heavy (non-hydrogen) atoms. The number of nitrogens with zero attached hydrogens (tertiary/aromatic N) is 1. The number of hydrogen-bond acceptors (Lipinski definition) is 9.